The highest BCUT2D eigenvalue weighted by Gasteiger charge is 2.36. The molecule has 0 aliphatic carbocycles. The summed E-state index contributed by atoms with van der Waals surface area (Å²) in [5, 5.41) is 9.71. The summed E-state index contributed by atoms with van der Waals surface area (Å²) in [4.78, 5) is 11.0. The first kappa shape index (κ1) is 22.8. The summed E-state index contributed by atoms with van der Waals surface area (Å²) in [5.74, 6) is -2.46. The molecule has 0 atom stereocenters. The lowest BCUT2D eigenvalue weighted by Gasteiger charge is -2.16. The van der Waals surface area contributed by atoms with E-state index in [9.17, 15) is 31.1 Å². The van der Waals surface area contributed by atoms with Gasteiger partial charge >= 0.3 is 18.3 Å². The molecular formula is C20H13ClF6O4. The van der Waals surface area contributed by atoms with E-state index < -0.39 is 36.2 Å². The third kappa shape index (κ3) is 5.63. The molecular weight excluding hydrogens is 454 g/mol. The highest BCUT2D eigenvalue weighted by Crippen LogP contribution is 2.38. The van der Waals surface area contributed by atoms with Crippen molar-refractivity contribution in [2.45, 2.75) is 25.2 Å². The van der Waals surface area contributed by atoms with Crippen molar-refractivity contribution in [2.75, 3.05) is 6.61 Å². The maximum Gasteiger partial charge on any atom is 0.422 e. The Morgan fingerprint density at radius 2 is 1.74 bits per heavy atom. The van der Waals surface area contributed by atoms with Crippen molar-refractivity contribution in [3.63, 3.8) is 0 Å². The number of benzene rings is 2. The van der Waals surface area contributed by atoms with Crippen LogP contribution in [-0.4, -0.2) is 23.9 Å². The van der Waals surface area contributed by atoms with Crippen LogP contribution in [0.15, 0.2) is 40.8 Å². The zero-order valence-electron chi connectivity index (χ0n) is 15.4. The number of carbonyl (C=O) groups is 1. The van der Waals surface area contributed by atoms with Crippen molar-refractivity contribution in [1.29, 1.82) is 0 Å². The number of hydrogen-bond donors (Lipinski definition) is 1. The second-order valence-corrected chi connectivity index (χ2v) is 7.04. The van der Waals surface area contributed by atoms with E-state index in [0.29, 0.717) is 10.9 Å². The molecule has 1 N–H and O–H groups in total. The quantitative estimate of drug-likeness (QED) is 0.420. The number of aromatic carboxylic acids is 1. The van der Waals surface area contributed by atoms with E-state index in [2.05, 4.69) is 4.74 Å². The standard InChI is InChI=1S/C20H13ClF6O4/c21-14-6-12-8-17(18(28)29)31-16(12)7-11(14)3-1-10-2-4-15(30-9-19(22,23)24)13(5-10)20(25,26)27/h2,4-8H,1,3,9H2,(H,28,29). The summed E-state index contributed by atoms with van der Waals surface area (Å²) in [6, 6.07) is 7.09. The summed E-state index contributed by atoms with van der Waals surface area (Å²) in [6.45, 7) is -1.84. The summed E-state index contributed by atoms with van der Waals surface area (Å²) >= 11 is 6.18. The fourth-order valence-electron chi connectivity index (χ4n) is 2.92. The molecule has 0 aliphatic rings. The van der Waals surface area contributed by atoms with Crippen LogP contribution in [0.2, 0.25) is 5.02 Å². The van der Waals surface area contributed by atoms with Gasteiger partial charge < -0.3 is 14.3 Å². The highest BCUT2D eigenvalue weighted by atomic mass is 35.5. The number of furan rings is 1. The predicted octanol–water partition coefficient (Wildman–Crippen LogP) is 6.53. The molecule has 0 saturated heterocycles. The zero-order chi connectivity index (χ0) is 23.0. The molecule has 0 fully saturated rings. The van der Waals surface area contributed by atoms with Crippen molar-refractivity contribution in [3.05, 3.63) is 63.9 Å². The van der Waals surface area contributed by atoms with Crippen molar-refractivity contribution in [3.8, 4) is 5.75 Å². The number of aryl methyl sites for hydroxylation is 2. The Balaban J connectivity index is 1.82. The van der Waals surface area contributed by atoms with E-state index in [-0.39, 0.29) is 34.8 Å². The molecule has 0 unspecified atom stereocenters. The molecule has 0 saturated carbocycles. The topological polar surface area (TPSA) is 59.7 Å². The molecule has 1 heterocycles. The van der Waals surface area contributed by atoms with Gasteiger partial charge in [0, 0.05) is 10.4 Å². The van der Waals surface area contributed by atoms with Gasteiger partial charge in [0.1, 0.15) is 11.3 Å². The van der Waals surface area contributed by atoms with E-state index in [0.717, 1.165) is 12.1 Å². The zero-order valence-corrected chi connectivity index (χ0v) is 16.2. The lowest BCUT2D eigenvalue weighted by Crippen LogP contribution is -2.21. The van der Waals surface area contributed by atoms with E-state index in [1.54, 1.807) is 0 Å². The van der Waals surface area contributed by atoms with Gasteiger partial charge in [-0.2, -0.15) is 26.3 Å². The summed E-state index contributed by atoms with van der Waals surface area (Å²) in [5.41, 5.74) is -0.350. The molecule has 0 spiro atoms. The maximum absolute atomic E-state index is 13.3. The molecule has 11 heteroatoms. The van der Waals surface area contributed by atoms with Gasteiger partial charge in [0.05, 0.1) is 5.56 Å². The van der Waals surface area contributed by atoms with Crippen LogP contribution in [0.25, 0.3) is 11.0 Å². The van der Waals surface area contributed by atoms with Crippen LogP contribution < -0.4 is 4.74 Å². The third-order valence-electron chi connectivity index (χ3n) is 4.32. The van der Waals surface area contributed by atoms with Crippen LogP contribution in [0, 0.1) is 0 Å². The van der Waals surface area contributed by atoms with Crippen molar-refractivity contribution < 1.29 is 45.4 Å². The van der Waals surface area contributed by atoms with E-state index >= 15 is 0 Å². The van der Waals surface area contributed by atoms with Crippen molar-refractivity contribution >= 4 is 28.5 Å². The van der Waals surface area contributed by atoms with Crippen molar-refractivity contribution in [2.24, 2.45) is 0 Å². The number of halogens is 7. The molecule has 166 valence electrons. The number of carboxylic acid groups (broad SMARTS) is 1. The van der Waals surface area contributed by atoms with Gasteiger partial charge in [0.25, 0.3) is 0 Å². The lowest BCUT2D eigenvalue weighted by molar-refractivity contribution is -0.158. The number of hydrogen-bond acceptors (Lipinski definition) is 3. The van der Waals surface area contributed by atoms with Gasteiger partial charge in [-0.15, -0.1) is 0 Å². The first-order valence-electron chi connectivity index (χ1n) is 8.68. The van der Waals surface area contributed by atoms with Gasteiger partial charge in [-0.25, -0.2) is 4.79 Å². The molecule has 0 aliphatic heterocycles. The van der Waals surface area contributed by atoms with Gasteiger partial charge in [-0.05, 0) is 54.3 Å². The fraction of sp³-hybridized carbons (Fsp3) is 0.250. The minimum Gasteiger partial charge on any atom is -0.483 e. The van der Waals surface area contributed by atoms with E-state index in [4.69, 9.17) is 21.1 Å². The Bertz CT molecular complexity index is 1120. The average molecular weight is 467 g/mol. The smallest absolute Gasteiger partial charge is 0.422 e. The van der Waals surface area contributed by atoms with Gasteiger partial charge in [0.15, 0.2) is 6.61 Å². The Morgan fingerprint density at radius 3 is 2.35 bits per heavy atom. The van der Waals surface area contributed by atoms with Crippen LogP contribution in [0.4, 0.5) is 26.3 Å². The van der Waals surface area contributed by atoms with Crippen LogP contribution in [0.1, 0.15) is 27.2 Å². The summed E-state index contributed by atoms with van der Waals surface area (Å²) in [6.07, 6.45) is -9.42. The number of alkyl halides is 6. The molecule has 31 heavy (non-hydrogen) atoms. The normalized spacial score (nSPS) is 12.4. The second kappa shape index (κ2) is 8.33. The SMILES string of the molecule is O=C(O)c1cc2cc(Cl)c(CCc3ccc(OCC(F)(F)F)c(C(F)(F)F)c3)cc2o1. The largest absolute Gasteiger partial charge is 0.483 e. The lowest BCUT2D eigenvalue weighted by atomic mass is 10.0. The average Bonchev–Trinajstić information content (AvgIpc) is 3.06. The van der Waals surface area contributed by atoms with Gasteiger partial charge in [-0.1, -0.05) is 17.7 Å². The van der Waals surface area contributed by atoms with E-state index in [1.165, 1.54) is 24.3 Å². The molecule has 0 bridgehead atoms. The minimum absolute atomic E-state index is 0.0837. The van der Waals surface area contributed by atoms with Gasteiger partial charge in [0.2, 0.25) is 5.76 Å². The van der Waals surface area contributed by atoms with Crippen LogP contribution in [-0.2, 0) is 19.0 Å². The van der Waals surface area contributed by atoms with Crippen LogP contribution >= 0.6 is 11.6 Å². The molecule has 2 aromatic carbocycles. The second-order valence-electron chi connectivity index (χ2n) is 6.63. The van der Waals surface area contributed by atoms with Gasteiger partial charge in [-0.3, -0.25) is 0 Å². The van der Waals surface area contributed by atoms with Crippen LogP contribution in [0.3, 0.4) is 0 Å². The Labute approximate surface area is 176 Å². The predicted molar refractivity (Wildman–Crippen MR) is 98.6 cm³/mol. The number of fused-ring (bicyclic) bond motifs is 1. The van der Waals surface area contributed by atoms with Crippen LogP contribution in [0.5, 0.6) is 5.75 Å². The molecule has 3 aromatic rings. The third-order valence-corrected chi connectivity index (χ3v) is 4.67. The Kier molecular flexibility index (Phi) is 6.13. The summed E-state index contributed by atoms with van der Waals surface area (Å²) in [7, 11) is 0. The molecule has 0 amide bonds. The first-order chi connectivity index (χ1) is 14.3. The Hall–Kier alpha value is -2.88. The molecule has 0 radical (unpaired) electrons. The van der Waals surface area contributed by atoms with Crippen molar-refractivity contribution in [1.82, 2.24) is 0 Å². The highest BCUT2D eigenvalue weighted by molar-refractivity contribution is 6.32. The minimum atomic E-state index is -4.91. The number of carboxylic acids is 1. The first-order valence-corrected chi connectivity index (χ1v) is 9.06. The number of ether oxygens (including phenoxy) is 1. The Morgan fingerprint density at radius 1 is 1.03 bits per heavy atom. The maximum atomic E-state index is 13.3. The number of rotatable bonds is 6. The molecule has 4 nitrogen and oxygen atoms in total. The molecule has 1 aromatic heterocycles. The van der Waals surface area contributed by atoms with E-state index in [1.807, 2.05) is 0 Å². The molecule has 3 rings (SSSR count). The summed E-state index contributed by atoms with van der Waals surface area (Å²) < 4.78 is 86.2. The fourth-order valence-corrected chi connectivity index (χ4v) is 3.18. The monoisotopic (exact) mass is 466 g/mol.